The van der Waals surface area contributed by atoms with Crippen LogP contribution in [0.2, 0.25) is 5.02 Å². The van der Waals surface area contributed by atoms with Crippen molar-refractivity contribution in [1.82, 2.24) is 5.32 Å². The lowest BCUT2D eigenvalue weighted by Gasteiger charge is -2.12. The first kappa shape index (κ1) is 17.4. The zero-order chi connectivity index (χ0) is 15.2. The third kappa shape index (κ3) is 5.79. The number of ether oxygens (including phenoxy) is 1. The largest absolute Gasteiger partial charge is 0.380 e. The second-order valence-electron chi connectivity index (χ2n) is 5.13. The Balaban J connectivity index is 2.56. The highest BCUT2D eigenvalue weighted by molar-refractivity contribution is 7.90. The van der Waals surface area contributed by atoms with Crippen LogP contribution >= 0.6 is 11.6 Å². The summed E-state index contributed by atoms with van der Waals surface area (Å²) in [4.78, 5) is 0.278. The third-order valence-corrected chi connectivity index (χ3v) is 4.19. The van der Waals surface area contributed by atoms with Crippen LogP contribution in [-0.4, -0.2) is 34.4 Å². The van der Waals surface area contributed by atoms with Crippen molar-refractivity contribution in [3.05, 3.63) is 28.8 Å². The Morgan fingerprint density at radius 3 is 2.65 bits per heavy atom. The van der Waals surface area contributed by atoms with Crippen molar-refractivity contribution in [3.8, 4) is 0 Å². The molecule has 0 saturated carbocycles. The highest BCUT2D eigenvalue weighted by Gasteiger charge is 2.15. The first-order valence-electron chi connectivity index (χ1n) is 6.58. The van der Waals surface area contributed by atoms with Gasteiger partial charge in [-0.15, -0.1) is 0 Å². The average Bonchev–Trinajstić information content (AvgIpc) is 2.33. The molecule has 1 aromatic carbocycles. The molecule has 0 bridgehead atoms. The average molecular weight is 320 g/mol. The molecule has 0 atom stereocenters. The van der Waals surface area contributed by atoms with Crippen LogP contribution in [-0.2, 0) is 21.1 Å². The Bertz CT molecular complexity index is 529. The van der Waals surface area contributed by atoms with E-state index < -0.39 is 9.84 Å². The molecule has 0 saturated heterocycles. The molecule has 0 spiro atoms. The number of rotatable bonds is 8. The summed E-state index contributed by atoms with van der Waals surface area (Å²) in [6.45, 7) is 6.57. The molecule has 114 valence electrons. The maximum absolute atomic E-state index is 11.7. The Morgan fingerprint density at radius 1 is 1.35 bits per heavy atom. The summed E-state index contributed by atoms with van der Waals surface area (Å²) in [5, 5.41) is 3.62. The van der Waals surface area contributed by atoms with E-state index in [9.17, 15) is 8.42 Å². The quantitative estimate of drug-likeness (QED) is 0.748. The number of hydrogen-bond acceptors (Lipinski definition) is 4. The van der Waals surface area contributed by atoms with Crippen molar-refractivity contribution in [3.63, 3.8) is 0 Å². The molecule has 0 aliphatic heterocycles. The van der Waals surface area contributed by atoms with E-state index in [0.29, 0.717) is 36.2 Å². The normalized spacial score (nSPS) is 12.1. The van der Waals surface area contributed by atoms with Crippen LogP contribution in [0.15, 0.2) is 23.1 Å². The van der Waals surface area contributed by atoms with Crippen molar-refractivity contribution in [2.75, 3.05) is 26.0 Å². The van der Waals surface area contributed by atoms with Crippen LogP contribution in [0.25, 0.3) is 0 Å². The van der Waals surface area contributed by atoms with Crippen molar-refractivity contribution in [2.45, 2.75) is 25.3 Å². The Hall–Kier alpha value is -0.620. The number of sulfone groups is 1. The molecule has 1 aromatic rings. The molecule has 20 heavy (non-hydrogen) atoms. The smallest absolute Gasteiger partial charge is 0.175 e. The van der Waals surface area contributed by atoms with E-state index in [1.54, 1.807) is 18.2 Å². The highest BCUT2D eigenvalue weighted by Crippen LogP contribution is 2.23. The summed E-state index contributed by atoms with van der Waals surface area (Å²) < 4.78 is 28.9. The maximum atomic E-state index is 11.7. The highest BCUT2D eigenvalue weighted by atomic mass is 35.5. The summed E-state index contributed by atoms with van der Waals surface area (Å²) in [5.41, 5.74) is 0.612. The standard InChI is InChI=1S/C14H22ClNO3S/c1-11(2)10-19-8-7-16-9-12-13(15)5-4-6-14(12)20(3,17)18/h4-6,11,16H,7-10H2,1-3H3. The first-order chi connectivity index (χ1) is 9.32. The fraction of sp³-hybridized carbons (Fsp3) is 0.571. The lowest BCUT2D eigenvalue weighted by Crippen LogP contribution is -2.21. The summed E-state index contributed by atoms with van der Waals surface area (Å²) in [7, 11) is -3.27. The molecule has 6 heteroatoms. The van der Waals surface area contributed by atoms with Gasteiger partial charge in [-0.2, -0.15) is 0 Å². The van der Waals surface area contributed by atoms with Crippen molar-refractivity contribution in [1.29, 1.82) is 0 Å². The molecule has 4 nitrogen and oxygen atoms in total. The van der Waals surface area contributed by atoms with Crippen LogP contribution in [0.1, 0.15) is 19.4 Å². The minimum atomic E-state index is -3.27. The van der Waals surface area contributed by atoms with Crippen molar-refractivity contribution < 1.29 is 13.2 Å². The number of benzene rings is 1. The molecule has 1 N–H and O–H groups in total. The molecule has 0 radical (unpaired) electrons. The van der Waals surface area contributed by atoms with Crippen LogP contribution < -0.4 is 5.32 Å². The maximum Gasteiger partial charge on any atom is 0.175 e. The zero-order valence-electron chi connectivity index (χ0n) is 12.1. The molecular formula is C14H22ClNO3S. The predicted molar refractivity (Wildman–Crippen MR) is 81.9 cm³/mol. The van der Waals surface area contributed by atoms with Gasteiger partial charge in [0.2, 0.25) is 0 Å². The van der Waals surface area contributed by atoms with Gasteiger partial charge in [-0.25, -0.2) is 8.42 Å². The van der Waals surface area contributed by atoms with E-state index in [1.807, 2.05) is 0 Å². The van der Waals surface area contributed by atoms with Gasteiger partial charge in [0, 0.05) is 36.5 Å². The second-order valence-corrected chi connectivity index (χ2v) is 7.53. The molecule has 0 amide bonds. The van der Waals surface area contributed by atoms with Crippen LogP contribution in [0.5, 0.6) is 0 Å². The summed E-state index contributed by atoms with van der Waals surface area (Å²) >= 11 is 6.08. The number of hydrogen-bond donors (Lipinski definition) is 1. The topological polar surface area (TPSA) is 55.4 Å². The van der Waals surface area contributed by atoms with Gasteiger partial charge >= 0.3 is 0 Å². The fourth-order valence-corrected chi connectivity index (χ4v) is 2.99. The molecular weight excluding hydrogens is 298 g/mol. The van der Waals surface area contributed by atoms with Crippen LogP contribution in [0, 0.1) is 5.92 Å². The lowest BCUT2D eigenvalue weighted by molar-refractivity contribution is 0.111. The van der Waals surface area contributed by atoms with Crippen molar-refractivity contribution in [2.24, 2.45) is 5.92 Å². The van der Waals surface area contributed by atoms with Crippen LogP contribution in [0.4, 0.5) is 0 Å². The van der Waals surface area contributed by atoms with Gasteiger partial charge in [0.15, 0.2) is 9.84 Å². The van der Waals surface area contributed by atoms with E-state index in [4.69, 9.17) is 16.3 Å². The van der Waals surface area contributed by atoms with E-state index in [2.05, 4.69) is 19.2 Å². The predicted octanol–water partition coefficient (Wildman–Crippen LogP) is 2.51. The van der Waals surface area contributed by atoms with Gasteiger partial charge in [-0.05, 0) is 18.1 Å². The fourth-order valence-electron chi connectivity index (χ4n) is 1.73. The monoisotopic (exact) mass is 319 g/mol. The Morgan fingerprint density at radius 2 is 2.05 bits per heavy atom. The Labute approximate surface area is 126 Å². The minimum Gasteiger partial charge on any atom is -0.380 e. The van der Waals surface area contributed by atoms with Gasteiger partial charge in [0.25, 0.3) is 0 Å². The number of nitrogens with one attached hydrogen (secondary N) is 1. The molecule has 0 fully saturated rings. The molecule has 0 heterocycles. The molecule has 0 aliphatic rings. The van der Waals surface area contributed by atoms with Gasteiger partial charge in [-0.3, -0.25) is 0 Å². The lowest BCUT2D eigenvalue weighted by atomic mass is 10.2. The molecule has 1 rings (SSSR count). The zero-order valence-corrected chi connectivity index (χ0v) is 13.7. The van der Waals surface area contributed by atoms with Gasteiger partial charge < -0.3 is 10.1 Å². The van der Waals surface area contributed by atoms with Gasteiger partial charge in [0.1, 0.15) is 0 Å². The third-order valence-electron chi connectivity index (χ3n) is 2.65. The van der Waals surface area contributed by atoms with Gasteiger partial charge in [-0.1, -0.05) is 31.5 Å². The SMILES string of the molecule is CC(C)COCCNCc1c(Cl)cccc1S(C)(=O)=O. The van der Waals surface area contributed by atoms with E-state index in [0.717, 1.165) is 6.61 Å². The summed E-state index contributed by atoms with van der Waals surface area (Å²) in [6, 6.07) is 4.92. The van der Waals surface area contributed by atoms with Gasteiger partial charge in [0.05, 0.1) is 11.5 Å². The first-order valence-corrected chi connectivity index (χ1v) is 8.85. The summed E-state index contributed by atoms with van der Waals surface area (Å²) in [5.74, 6) is 0.510. The van der Waals surface area contributed by atoms with E-state index in [-0.39, 0.29) is 4.90 Å². The summed E-state index contributed by atoms with van der Waals surface area (Å²) in [6.07, 6.45) is 1.19. The second kappa shape index (κ2) is 7.98. The van der Waals surface area contributed by atoms with E-state index >= 15 is 0 Å². The minimum absolute atomic E-state index is 0.278. The molecule has 0 aromatic heterocycles. The number of halogens is 1. The van der Waals surface area contributed by atoms with Crippen molar-refractivity contribution >= 4 is 21.4 Å². The van der Waals surface area contributed by atoms with Crippen LogP contribution in [0.3, 0.4) is 0 Å². The van der Waals surface area contributed by atoms with E-state index in [1.165, 1.54) is 6.26 Å². The molecule has 0 aliphatic carbocycles. The Kier molecular flexibility index (Phi) is 6.95. The molecule has 0 unspecified atom stereocenters.